The Balaban J connectivity index is 1.85. The van der Waals surface area contributed by atoms with Crippen LogP contribution >= 0.6 is 22.6 Å². The van der Waals surface area contributed by atoms with Crippen molar-refractivity contribution in [1.82, 2.24) is 15.6 Å². The molecule has 2 rings (SSSR count). The lowest BCUT2D eigenvalue weighted by Crippen LogP contribution is -2.38. The first kappa shape index (κ1) is 16.4. The fourth-order valence-corrected chi connectivity index (χ4v) is 2.53. The lowest BCUT2D eigenvalue weighted by atomic mass is 10.2. The van der Waals surface area contributed by atoms with E-state index in [9.17, 15) is 9.59 Å². The van der Waals surface area contributed by atoms with Gasteiger partial charge in [-0.15, -0.1) is 0 Å². The fraction of sp³-hybridized carbons (Fsp3) is 0.188. The summed E-state index contributed by atoms with van der Waals surface area (Å²) in [5.41, 5.74) is 1.34. The minimum Gasteiger partial charge on any atom is -0.346 e. The predicted molar refractivity (Wildman–Crippen MR) is 92.3 cm³/mol. The van der Waals surface area contributed by atoms with Crippen molar-refractivity contribution in [3.05, 3.63) is 63.5 Å². The van der Waals surface area contributed by atoms with E-state index >= 15 is 0 Å². The Morgan fingerprint density at radius 2 is 1.91 bits per heavy atom. The first-order chi connectivity index (χ1) is 10.6. The number of pyridine rings is 1. The van der Waals surface area contributed by atoms with Gasteiger partial charge in [-0.1, -0.05) is 18.2 Å². The Morgan fingerprint density at radius 1 is 1.18 bits per heavy atom. The van der Waals surface area contributed by atoms with E-state index in [1.807, 2.05) is 37.3 Å². The zero-order chi connectivity index (χ0) is 15.9. The van der Waals surface area contributed by atoms with Gasteiger partial charge in [-0.05, 0) is 53.8 Å². The average Bonchev–Trinajstić information content (AvgIpc) is 2.54. The van der Waals surface area contributed by atoms with Gasteiger partial charge in [0.05, 0.1) is 23.8 Å². The second-order valence-electron chi connectivity index (χ2n) is 4.71. The van der Waals surface area contributed by atoms with Crippen LogP contribution in [0.3, 0.4) is 0 Å². The van der Waals surface area contributed by atoms with Gasteiger partial charge in [-0.3, -0.25) is 14.6 Å². The molecular weight excluding hydrogens is 393 g/mol. The van der Waals surface area contributed by atoms with Gasteiger partial charge in [0, 0.05) is 9.77 Å². The summed E-state index contributed by atoms with van der Waals surface area (Å²) in [6, 6.07) is 12.5. The summed E-state index contributed by atoms with van der Waals surface area (Å²) in [4.78, 5) is 28.1. The number of aromatic nitrogens is 1. The molecule has 22 heavy (non-hydrogen) atoms. The average molecular weight is 409 g/mol. The monoisotopic (exact) mass is 409 g/mol. The van der Waals surface area contributed by atoms with Gasteiger partial charge in [0.15, 0.2) is 0 Å². The van der Waals surface area contributed by atoms with Crippen molar-refractivity contribution in [2.75, 3.05) is 6.54 Å². The topological polar surface area (TPSA) is 71.1 Å². The molecule has 0 saturated heterocycles. The molecular formula is C16H16IN3O2. The van der Waals surface area contributed by atoms with Crippen molar-refractivity contribution in [2.24, 2.45) is 0 Å². The summed E-state index contributed by atoms with van der Waals surface area (Å²) in [6.07, 6.45) is 1.68. The van der Waals surface area contributed by atoms with Crippen molar-refractivity contribution in [3.8, 4) is 0 Å². The highest BCUT2D eigenvalue weighted by atomic mass is 127. The largest absolute Gasteiger partial charge is 0.346 e. The van der Waals surface area contributed by atoms with Crippen LogP contribution in [0.2, 0.25) is 0 Å². The molecule has 0 spiro atoms. The van der Waals surface area contributed by atoms with Gasteiger partial charge in [-0.25, -0.2) is 0 Å². The Morgan fingerprint density at radius 3 is 2.59 bits per heavy atom. The molecule has 1 aromatic carbocycles. The van der Waals surface area contributed by atoms with Crippen LogP contribution in [0.1, 0.15) is 29.0 Å². The van der Waals surface area contributed by atoms with Gasteiger partial charge >= 0.3 is 0 Å². The van der Waals surface area contributed by atoms with Crippen molar-refractivity contribution in [3.63, 3.8) is 0 Å². The highest BCUT2D eigenvalue weighted by Gasteiger charge is 2.13. The van der Waals surface area contributed by atoms with E-state index in [2.05, 4.69) is 38.2 Å². The highest BCUT2D eigenvalue weighted by molar-refractivity contribution is 14.1. The number of rotatable bonds is 5. The Labute approximate surface area is 142 Å². The Bertz CT molecular complexity index is 661. The number of hydrogen-bond acceptors (Lipinski definition) is 3. The molecule has 2 N–H and O–H groups in total. The zero-order valence-electron chi connectivity index (χ0n) is 12.0. The number of nitrogens with zero attached hydrogens (tertiary/aromatic N) is 1. The van der Waals surface area contributed by atoms with Crippen LogP contribution in [0.5, 0.6) is 0 Å². The number of carbonyl (C=O) groups excluding carboxylic acids is 2. The van der Waals surface area contributed by atoms with E-state index < -0.39 is 0 Å². The van der Waals surface area contributed by atoms with E-state index in [0.717, 1.165) is 9.26 Å². The van der Waals surface area contributed by atoms with Crippen LogP contribution < -0.4 is 10.6 Å². The molecule has 114 valence electrons. The number of nitrogens with one attached hydrogen (secondary N) is 2. The molecule has 1 atom stereocenters. The third-order valence-corrected chi connectivity index (χ3v) is 3.98. The second kappa shape index (κ2) is 7.88. The Hall–Kier alpha value is -1.96. The Kier molecular flexibility index (Phi) is 5.88. The summed E-state index contributed by atoms with van der Waals surface area (Å²) in [5, 5.41) is 5.42. The SMILES string of the molecule is CC(NC(=O)CNC(=O)c1ccccc1I)c1ccccn1. The summed E-state index contributed by atoms with van der Waals surface area (Å²) in [7, 11) is 0. The van der Waals surface area contributed by atoms with Crippen LogP contribution in [0, 0.1) is 3.57 Å². The molecule has 1 unspecified atom stereocenters. The van der Waals surface area contributed by atoms with E-state index in [4.69, 9.17) is 0 Å². The van der Waals surface area contributed by atoms with Gasteiger partial charge < -0.3 is 10.6 Å². The highest BCUT2D eigenvalue weighted by Crippen LogP contribution is 2.11. The molecule has 0 fully saturated rings. The van der Waals surface area contributed by atoms with Gasteiger partial charge in [0.1, 0.15) is 0 Å². The quantitative estimate of drug-likeness (QED) is 0.745. The summed E-state index contributed by atoms with van der Waals surface area (Å²) >= 11 is 2.09. The molecule has 2 aromatic rings. The standard InChI is InChI=1S/C16H16IN3O2/c1-11(14-8-4-5-9-18-14)20-15(21)10-19-16(22)12-6-2-3-7-13(12)17/h2-9,11H,10H2,1H3,(H,19,22)(H,20,21). The molecule has 1 aromatic heterocycles. The molecule has 0 aliphatic rings. The summed E-state index contributed by atoms with van der Waals surface area (Å²) in [5.74, 6) is -0.511. The van der Waals surface area contributed by atoms with Crippen LogP contribution in [0.4, 0.5) is 0 Å². The van der Waals surface area contributed by atoms with Crippen molar-refractivity contribution >= 4 is 34.4 Å². The van der Waals surface area contributed by atoms with Crippen LogP contribution in [-0.4, -0.2) is 23.3 Å². The van der Waals surface area contributed by atoms with E-state index in [1.54, 1.807) is 18.3 Å². The summed E-state index contributed by atoms with van der Waals surface area (Å²) in [6.45, 7) is 1.78. The normalized spacial score (nSPS) is 11.5. The number of hydrogen-bond donors (Lipinski definition) is 2. The van der Waals surface area contributed by atoms with Crippen molar-refractivity contribution in [2.45, 2.75) is 13.0 Å². The molecule has 0 saturated carbocycles. The number of carbonyl (C=O) groups is 2. The van der Waals surface area contributed by atoms with E-state index in [0.29, 0.717) is 5.56 Å². The molecule has 1 heterocycles. The predicted octanol–water partition coefficient (Wildman–Crippen LogP) is 2.29. The van der Waals surface area contributed by atoms with Crippen molar-refractivity contribution in [1.29, 1.82) is 0 Å². The van der Waals surface area contributed by atoms with E-state index in [1.165, 1.54) is 0 Å². The molecule has 0 aliphatic carbocycles. The lowest BCUT2D eigenvalue weighted by Gasteiger charge is -2.13. The van der Waals surface area contributed by atoms with Gasteiger partial charge in [0.2, 0.25) is 5.91 Å². The maximum atomic E-state index is 12.0. The smallest absolute Gasteiger partial charge is 0.252 e. The van der Waals surface area contributed by atoms with Crippen LogP contribution in [0.15, 0.2) is 48.7 Å². The number of halogens is 1. The van der Waals surface area contributed by atoms with Gasteiger partial charge in [-0.2, -0.15) is 0 Å². The molecule has 0 radical (unpaired) electrons. The second-order valence-corrected chi connectivity index (χ2v) is 5.87. The first-order valence-corrected chi connectivity index (χ1v) is 7.89. The lowest BCUT2D eigenvalue weighted by molar-refractivity contribution is -0.120. The zero-order valence-corrected chi connectivity index (χ0v) is 14.2. The third kappa shape index (κ3) is 4.52. The third-order valence-electron chi connectivity index (χ3n) is 3.04. The fourth-order valence-electron chi connectivity index (χ4n) is 1.90. The molecule has 6 heteroatoms. The minimum atomic E-state index is -0.259. The number of benzene rings is 1. The molecule has 2 amide bonds. The van der Waals surface area contributed by atoms with E-state index in [-0.39, 0.29) is 24.4 Å². The maximum Gasteiger partial charge on any atom is 0.252 e. The van der Waals surface area contributed by atoms with Gasteiger partial charge in [0.25, 0.3) is 5.91 Å². The first-order valence-electron chi connectivity index (χ1n) is 6.81. The number of amides is 2. The summed E-state index contributed by atoms with van der Waals surface area (Å²) < 4.78 is 0.847. The van der Waals surface area contributed by atoms with Crippen molar-refractivity contribution < 1.29 is 9.59 Å². The van der Waals surface area contributed by atoms with Crippen LogP contribution in [0.25, 0.3) is 0 Å². The van der Waals surface area contributed by atoms with Crippen LogP contribution in [-0.2, 0) is 4.79 Å². The minimum absolute atomic E-state index is 0.0685. The molecule has 5 nitrogen and oxygen atoms in total. The molecule has 0 bridgehead atoms. The maximum absolute atomic E-state index is 12.0. The molecule has 0 aliphatic heterocycles.